The van der Waals surface area contributed by atoms with E-state index in [1.54, 1.807) is 24.3 Å². The van der Waals surface area contributed by atoms with Gasteiger partial charge in [0.1, 0.15) is 0 Å². The monoisotopic (exact) mass is 232 g/mol. The molecule has 4 nitrogen and oxygen atoms in total. The number of nitrogens with one attached hydrogen (secondary N) is 1. The Morgan fingerprint density at radius 3 is 2.59 bits per heavy atom. The van der Waals surface area contributed by atoms with E-state index in [0.29, 0.717) is 17.4 Å². The second-order valence-electron chi connectivity index (χ2n) is 4.19. The van der Waals surface area contributed by atoms with E-state index in [9.17, 15) is 9.59 Å². The number of piperidine rings is 1. The predicted octanol–water partition coefficient (Wildman–Crippen LogP) is 1.63. The zero-order valence-electron chi connectivity index (χ0n) is 9.69. The van der Waals surface area contributed by atoms with Crippen LogP contribution >= 0.6 is 0 Å². The Hall–Kier alpha value is -1.68. The molecule has 90 valence electrons. The third-order valence-corrected chi connectivity index (χ3v) is 2.95. The van der Waals surface area contributed by atoms with Gasteiger partial charge in [-0.2, -0.15) is 0 Å². The number of carbonyl (C=O) groups is 2. The average molecular weight is 232 g/mol. The van der Waals surface area contributed by atoms with Gasteiger partial charge in [-0.15, -0.1) is 0 Å². The first-order valence-corrected chi connectivity index (χ1v) is 5.91. The SMILES string of the molecule is O=Cc1ccccc1C(=O)NN1CCCCC1. The molecule has 0 saturated carbocycles. The predicted molar refractivity (Wildman–Crippen MR) is 64.7 cm³/mol. The zero-order chi connectivity index (χ0) is 12.1. The first kappa shape index (κ1) is 11.8. The maximum atomic E-state index is 12.0. The van der Waals surface area contributed by atoms with Gasteiger partial charge in [0.2, 0.25) is 0 Å². The number of rotatable bonds is 3. The summed E-state index contributed by atoms with van der Waals surface area (Å²) in [5.41, 5.74) is 3.72. The van der Waals surface area contributed by atoms with Crippen molar-refractivity contribution in [3.63, 3.8) is 0 Å². The van der Waals surface area contributed by atoms with Crippen LogP contribution in [-0.2, 0) is 0 Å². The molecule has 0 spiro atoms. The number of hydrogen-bond donors (Lipinski definition) is 1. The zero-order valence-corrected chi connectivity index (χ0v) is 9.69. The number of amides is 1. The van der Waals surface area contributed by atoms with Gasteiger partial charge >= 0.3 is 0 Å². The summed E-state index contributed by atoms with van der Waals surface area (Å²) >= 11 is 0. The van der Waals surface area contributed by atoms with E-state index in [4.69, 9.17) is 0 Å². The summed E-state index contributed by atoms with van der Waals surface area (Å²) in [5.74, 6) is -0.199. The number of carbonyl (C=O) groups excluding carboxylic acids is 2. The van der Waals surface area contributed by atoms with Crippen LogP contribution in [0.25, 0.3) is 0 Å². The first-order chi connectivity index (χ1) is 8.31. The molecule has 1 N–H and O–H groups in total. The number of hydrazine groups is 1. The fourth-order valence-corrected chi connectivity index (χ4v) is 2.02. The fraction of sp³-hybridized carbons (Fsp3) is 0.385. The first-order valence-electron chi connectivity index (χ1n) is 5.91. The molecule has 0 aliphatic carbocycles. The van der Waals surface area contributed by atoms with E-state index < -0.39 is 0 Å². The Bertz CT molecular complexity index is 412. The van der Waals surface area contributed by atoms with Crippen molar-refractivity contribution in [1.82, 2.24) is 10.4 Å². The van der Waals surface area contributed by atoms with Gasteiger partial charge in [-0.05, 0) is 18.9 Å². The molecule has 0 atom stereocenters. The molecule has 1 aromatic carbocycles. The van der Waals surface area contributed by atoms with E-state index in [-0.39, 0.29) is 5.91 Å². The Balaban J connectivity index is 2.05. The highest BCUT2D eigenvalue weighted by Crippen LogP contribution is 2.09. The summed E-state index contributed by atoms with van der Waals surface area (Å²) in [5, 5.41) is 1.92. The van der Waals surface area contributed by atoms with Gasteiger partial charge in [-0.1, -0.05) is 24.6 Å². The molecular weight excluding hydrogens is 216 g/mol. The van der Waals surface area contributed by atoms with Crippen molar-refractivity contribution in [2.24, 2.45) is 0 Å². The number of nitrogens with zero attached hydrogens (tertiary/aromatic N) is 1. The maximum absolute atomic E-state index is 12.0. The van der Waals surface area contributed by atoms with Gasteiger partial charge < -0.3 is 0 Å². The topological polar surface area (TPSA) is 49.4 Å². The van der Waals surface area contributed by atoms with E-state index >= 15 is 0 Å². The molecule has 2 rings (SSSR count). The van der Waals surface area contributed by atoms with Crippen molar-refractivity contribution in [3.8, 4) is 0 Å². The normalized spacial score (nSPS) is 16.5. The van der Waals surface area contributed by atoms with Crippen LogP contribution in [0.1, 0.15) is 40.0 Å². The van der Waals surface area contributed by atoms with Gasteiger partial charge in [-0.3, -0.25) is 15.0 Å². The smallest absolute Gasteiger partial charge is 0.266 e. The quantitative estimate of drug-likeness (QED) is 0.806. The highest BCUT2D eigenvalue weighted by Gasteiger charge is 2.15. The van der Waals surface area contributed by atoms with Crippen molar-refractivity contribution in [3.05, 3.63) is 35.4 Å². The Kier molecular flexibility index (Phi) is 3.88. The lowest BCUT2D eigenvalue weighted by Crippen LogP contribution is -2.45. The van der Waals surface area contributed by atoms with Crippen molar-refractivity contribution < 1.29 is 9.59 Å². The lowest BCUT2D eigenvalue weighted by Gasteiger charge is -2.26. The van der Waals surface area contributed by atoms with Gasteiger partial charge in [0.25, 0.3) is 5.91 Å². The van der Waals surface area contributed by atoms with E-state index in [1.165, 1.54) is 6.42 Å². The van der Waals surface area contributed by atoms with Crippen LogP contribution in [0.2, 0.25) is 0 Å². The third-order valence-electron chi connectivity index (χ3n) is 2.95. The lowest BCUT2D eigenvalue weighted by atomic mass is 10.1. The molecule has 1 fully saturated rings. The summed E-state index contributed by atoms with van der Waals surface area (Å²) in [7, 11) is 0. The van der Waals surface area contributed by atoms with Crippen molar-refractivity contribution in [2.45, 2.75) is 19.3 Å². The number of benzene rings is 1. The molecular formula is C13H16N2O2. The molecule has 1 aromatic rings. The molecule has 0 unspecified atom stereocenters. The molecule has 1 amide bonds. The highest BCUT2D eigenvalue weighted by atomic mass is 16.2. The molecule has 0 bridgehead atoms. The van der Waals surface area contributed by atoms with E-state index in [0.717, 1.165) is 25.9 Å². The summed E-state index contributed by atoms with van der Waals surface area (Å²) in [6, 6.07) is 6.83. The van der Waals surface area contributed by atoms with Crippen LogP contribution in [0, 0.1) is 0 Å². The number of aldehydes is 1. The van der Waals surface area contributed by atoms with Crippen molar-refractivity contribution >= 4 is 12.2 Å². The summed E-state index contributed by atoms with van der Waals surface area (Å²) < 4.78 is 0. The minimum atomic E-state index is -0.199. The molecule has 0 aromatic heterocycles. The molecule has 1 heterocycles. The standard InChI is InChI=1S/C13H16N2O2/c16-10-11-6-2-3-7-12(11)13(17)14-15-8-4-1-5-9-15/h2-3,6-7,10H,1,4-5,8-9H2,(H,14,17). The molecule has 1 aliphatic heterocycles. The summed E-state index contributed by atoms with van der Waals surface area (Å²) in [6.45, 7) is 1.77. The second kappa shape index (κ2) is 5.59. The minimum Gasteiger partial charge on any atom is -0.298 e. The van der Waals surface area contributed by atoms with Crippen LogP contribution in [-0.4, -0.2) is 30.3 Å². The summed E-state index contributed by atoms with van der Waals surface area (Å²) in [6.07, 6.45) is 4.15. The number of hydrogen-bond acceptors (Lipinski definition) is 3. The van der Waals surface area contributed by atoms with E-state index in [2.05, 4.69) is 5.43 Å². The van der Waals surface area contributed by atoms with Gasteiger partial charge in [0.15, 0.2) is 6.29 Å². The van der Waals surface area contributed by atoms with Crippen molar-refractivity contribution in [1.29, 1.82) is 0 Å². The largest absolute Gasteiger partial charge is 0.298 e. The van der Waals surface area contributed by atoms with Gasteiger partial charge in [0.05, 0.1) is 5.56 Å². The summed E-state index contributed by atoms with van der Waals surface area (Å²) in [4.78, 5) is 22.8. The molecule has 0 radical (unpaired) electrons. The molecule has 1 saturated heterocycles. The fourth-order valence-electron chi connectivity index (χ4n) is 2.02. The van der Waals surface area contributed by atoms with Crippen LogP contribution in [0.15, 0.2) is 24.3 Å². The molecule has 4 heteroatoms. The Morgan fingerprint density at radius 1 is 1.18 bits per heavy atom. The molecule has 17 heavy (non-hydrogen) atoms. The highest BCUT2D eigenvalue weighted by molar-refractivity contribution is 6.01. The Morgan fingerprint density at radius 2 is 1.88 bits per heavy atom. The van der Waals surface area contributed by atoms with Crippen molar-refractivity contribution in [2.75, 3.05) is 13.1 Å². The van der Waals surface area contributed by atoms with Crippen LogP contribution < -0.4 is 5.43 Å². The maximum Gasteiger partial charge on any atom is 0.266 e. The van der Waals surface area contributed by atoms with Crippen LogP contribution in [0.5, 0.6) is 0 Å². The van der Waals surface area contributed by atoms with Crippen LogP contribution in [0.4, 0.5) is 0 Å². The lowest BCUT2D eigenvalue weighted by molar-refractivity contribution is 0.0747. The van der Waals surface area contributed by atoms with Gasteiger partial charge in [0, 0.05) is 18.7 Å². The minimum absolute atomic E-state index is 0.199. The van der Waals surface area contributed by atoms with E-state index in [1.807, 2.05) is 5.01 Å². The Labute approximate surface area is 101 Å². The second-order valence-corrected chi connectivity index (χ2v) is 4.19. The van der Waals surface area contributed by atoms with Gasteiger partial charge in [-0.25, -0.2) is 5.01 Å². The average Bonchev–Trinajstić information content (AvgIpc) is 2.40. The van der Waals surface area contributed by atoms with Crippen LogP contribution in [0.3, 0.4) is 0 Å². The molecule has 1 aliphatic rings. The third kappa shape index (κ3) is 2.91.